The van der Waals surface area contributed by atoms with Crippen LogP contribution in [0.5, 0.6) is 0 Å². The molecule has 1 aromatic heterocycles. The molecular weight excluding hydrogens is 180 g/mol. The van der Waals surface area contributed by atoms with E-state index in [1.165, 1.54) is 6.07 Å². The van der Waals surface area contributed by atoms with Gasteiger partial charge in [0.15, 0.2) is 0 Å². The van der Waals surface area contributed by atoms with Crippen molar-refractivity contribution in [3.05, 3.63) is 45.8 Å². The number of hydrogen-bond donors (Lipinski definition) is 1. The first-order chi connectivity index (χ1) is 6.72. The highest BCUT2D eigenvalue weighted by Gasteiger charge is 2.04. The van der Waals surface area contributed by atoms with Crippen LogP contribution >= 0.6 is 0 Å². The summed E-state index contributed by atoms with van der Waals surface area (Å²) in [6, 6.07) is 6.70. The van der Waals surface area contributed by atoms with Gasteiger partial charge in [0.1, 0.15) is 5.58 Å². The molecule has 0 spiro atoms. The summed E-state index contributed by atoms with van der Waals surface area (Å²) in [5.74, 6) is 0. The fourth-order valence-electron chi connectivity index (χ4n) is 1.49. The molecule has 2 aromatic rings. The van der Waals surface area contributed by atoms with Crippen LogP contribution < -0.4 is 5.63 Å². The first-order valence-electron chi connectivity index (χ1n) is 4.35. The first-order valence-corrected chi connectivity index (χ1v) is 4.35. The van der Waals surface area contributed by atoms with E-state index in [4.69, 9.17) is 9.52 Å². The molecule has 2 rings (SSSR count). The minimum absolute atomic E-state index is 0.0511. The Labute approximate surface area is 80.6 Å². The molecular formula is C11H10O3. The number of aliphatic hydroxyl groups excluding tert-OH is 1. The molecule has 14 heavy (non-hydrogen) atoms. The SMILES string of the molecule is Cc1ccc(CO)c2ccc(=O)oc12. The summed E-state index contributed by atoms with van der Waals surface area (Å²) >= 11 is 0. The maximum atomic E-state index is 11.0. The average Bonchev–Trinajstić information content (AvgIpc) is 2.19. The van der Waals surface area contributed by atoms with E-state index in [0.29, 0.717) is 5.58 Å². The second-order valence-electron chi connectivity index (χ2n) is 3.20. The zero-order valence-electron chi connectivity index (χ0n) is 7.78. The average molecular weight is 190 g/mol. The summed E-state index contributed by atoms with van der Waals surface area (Å²) in [6.07, 6.45) is 0. The van der Waals surface area contributed by atoms with Crippen molar-refractivity contribution >= 4 is 11.0 Å². The van der Waals surface area contributed by atoms with Crippen molar-refractivity contribution < 1.29 is 9.52 Å². The second-order valence-corrected chi connectivity index (χ2v) is 3.20. The molecule has 0 saturated carbocycles. The Morgan fingerprint density at radius 2 is 2.07 bits per heavy atom. The Bertz CT molecular complexity index is 526. The van der Waals surface area contributed by atoms with Gasteiger partial charge in [0.2, 0.25) is 0 Å². The third-order valence-corrected chi connectivity index (χ3v) is 2.24. The van der Waals surface area contributed by atoms with Gasteiger partial charge in [0.25, 0.3) is 0 Å². The van der Waals surface area contributed by atoms with Crippen LogP contribution in [-0.4, -0.2) is 5.11 Å². The van der Waals surface area contributed by atoms with Crippen LogP contribution in [0, 0.1) is 6.92 Å². The summed E-state index contributed by atoms with van der Waals surface area (Å²) in [7, 11) is 0. The van der Waals surface area contributed by atoms with Crippen molar-refractivity contribution in [3.63, 3.8) is 0 Å². The Morgan fingerprint density at radius 3 is 2.79 bits per heavy atom. The van der Waals surface area contributed by atoms with Crippen LogP contribution in [0.1, 0.15) is 11.1 Å². The van der Waals surface area contributed by atoms with Gasteiger partial charge in [0.05, 0.1) is 6.61 Å². The third kappa shape index (κ3) is 1.32. The van der Waals surface area contributed by atoms with E-state index < -0.39 is 0 Å². The molecule has 0 saturated heterocycles. The number of aliphatic hydroxyl groups is 1. The second kappa shape index (κ2) is 3.27. The Morgan fingerprint density at radius 1 is 1.29 bits per heavy atom. The number of hydrogen-bond acceptors (Lipinski definition) is 3. The lowest BCUT2D eigenvalue weighted by Gasteiger charge is -2.04. The van der Waals surface area contributed by atoms with Gasteiger partial charge < -0.3 is 9.52 Å². The van der Waals surface area contributed by atoms with Gasteiger partial charge in [0, 0.05) is 11.5 Å². The molecule has 0 unspecified atom stereocenters. The monoisotopic (exact) mass is 190 g/mol. The number of fused-ring (bicyclic) bond motifs is 1. The number of aryl methyl sites for hydroxylation is 1. The van der Waals surface area contributed by atoms with E-state index in [-0.39, 0.29) is 12.2 Å². The van der Waals surface area contributed by atoms with Gasteiger partial charge >= 0.3 is 5.63 Å². The summed E-state index contributed by atoms with van der Waals surface area (Å²) in [4.78, 5) is 11.0. The molecule has 72 valence electrons. The van der Waals surface area contributed by atoms with Gasteiger partial charge in [-0.1, -0.05) is 12.1 Å². The highest BCUT2D eigenvalue weighted by molar-refractivity contribution is 5.82. The molecule has 1 N–H and O–H groups in total. The Hall–Kier alpha value is -1.61. The molecule has 3 heteroatoms. The van der Waals surface area contributed by atoms with E-state index in [1.807, 2.05) is 19.1 Å². The van der Waals surface area contributed by atoms with Crippen LogP contribution in [-0.2, 0) is 6.61 Å². The largest absolute Gasteiger partial charge is 0.422 e. The van der Waals surface area contributed by atoms with Crippen LogP contribution in [0.2, 0.25) is 0 Å². The molecule has 0 aliphatic heterocycles. The fraction of sp³-hybridized carbons (Fsp3) is 0.182. The summed E-state index contributed by atoms with van der Waals surface area (Å²) < 4.78 is 5.07. The van der Waals surface area contributed by atoms with E-state index in [2.05, 4.69) is 0 Å². The van der Waals surface area contributed by atoms with E-state index in [0.717, 1.165) is 16.5 Å². The Balaban J connectivity index is 2.91. The smallest absolute Gasteiger partial charge is 0.336 e. The standard InChI is InChI=1S/C11H10O3/c1-7-2-3-8(6-12)9-4-5-10(13)14-11(7)9/h2-5,12H,6H2,1H3. The van der Waals surface area contributed by atoms with Crippen molar-refractivity contribution in [2.45, 2.75) is 13.5 Å². The quantitative estimate of drug-likeness (QED) is 0.695. The molecule has 1 heterocycles. The maximum Gasteiger partial charge on any atom is 0.336 e. The first kappa shape index (κ1) is 8.97. The molecule has 0 bridgehead atoms. The predicted molar refractivity (Wildman–Crippen MR) is 53.1 cm³/mol. The van der Waals surface area contributed by atoms with E-state index in [9.17, 15) is 4.79 Å². The molecule has 0 aliphatic rings. The van der Waals surface area contributed by atoms with Crippen LogP contribution in [0.25, 0.3) is 11.0 Å². The van der Waals surface area contributed by atoms with Crippen molar-refractivity contribution in [1.29, 1.82) is 0 Å². The van der Waals surface area contributed by atoms with E-state index >= 15 is 0 Å². The molecule has 0 atom stereocenters. The van der Waals surface area contributed by atoms with Crippen LogP contribution in [0.3, 0.4) is 0 Å². The zero-order chi connectivity index (χ0) is 10.1. The van der Waals surface area contributed by atoms with Crippen molar-refractivity contribution in [2.24, 2.45) is 0 Å². The molecule has 0 fully saturated rings. The van der Waals surface area contributed by atoms with Gasteiger partial charge in [-0.15, -0.1) is 0 Å². The van der Waals surface area contributed by atoms with Crippen LogP contribution in [0.15, 0.2) is 33.5 Å². The molecule has 0 aliphatic carbocycles. The normalized spacial score (nSPS) is 10.7. The lowest BCUT2D eigenvalue weighted by atomic mass is 10.1. The maximum absolute atomic E-state index is 11.0. The van der Waals surface area contributed by atoms with Gasteiger partial charge in [-0.05, 0) is 24.1 Å². The van der Waals surface area contributed by atoms with Crippen molar-refractivity contribution in [1.82, 2.24) is 0 Å². The summed E-state index contributed by atoms with van der Waals surface area (Å²) in [6.45, 7) is 1.82. The van der Waals surface area contributed by atoms with Gasteiger partial charge in [-0.2, -0.15) is 0 Å². The lowest BCUT2D eigenvalue weighted by molar-refractivity contribution is 0.283. The lowest BCUT2D eigenvalue weighted by Crippen LogP contribution is -1.97. The summed E-state index contributed by atoms with van der Waals surface area (Å²) in [5, 5.41) is 9.87. The minimum Gasteiger partial charge on any atom is -0.422 e. The minimum atomic E-state index is -0.365. The molecule has 0 radical (unpaired) electrons. The highest BCUT2D eigenvalue weighted by atomic mass is 16.4. The van der Waals surface area contributed by atoms with Crippen molar-refractivity contribution in [3.8, 4) is 0 Å². The van der Waals surface area contributed by atoms with Crippen LogP contribution in [0.4, 0.5) is 0 Å². The Kier molecular flexibility index (Phi) is 2.09. The number of rotatable bonds is 1. The van der Waals surface area contributed by atoms with Gasteiger partial charge in [-0.25, -0.2) is 4.79 Å². The summed E-state index contributed by atoms with van der Waals surface area (Å²) in [5.41, 5.74) is 1.86. The zero-order valence-corrected chi connectivity index (χ0v) is 7.78. The molecule has 3 nitrogen and oxygen atoms in total. The number of benzene rings is 1. The van der Waals surface area contributed by atoms with Crippen molar-refractivity contribution in [2.75, 3.05) is 0 Å². The third-order valence-electron chi connectivity index (χ3n) is 2.24. The molecule has 0 amide bonds. The fourth-order valence-corrected chi connectivity index (χ4v) is 1.49. The molecule has 1 aromatic carbocycles. The van der Waals surface area contributed by atoms with E-state index in [1.54, 1.807) is 6.07 Å². The highest BCUT2D eigenvalue weighted by Crippen LogP contribution is 2.20. The topological polar surface area (TPSA) is 50.4 Å². The predicted octanol–water partition coefficient (Wildman–Crippen LogP) is 1.59. The van der Waals surface area contributed by atoms with Gasteiger partial charge in [-0.3, -0.25) is 0 Å².